The largest absolute Gasteiger partial charge is 0.444 e. The Balaban J connectivity index is 1.73. The molecule has 0 fully saturated rings. The molecule has 176 valence electrons. The van der Waals surface area contributed by atoms with Gasteiger partial charge in [-0.05, 0) is 74.2 Å². The zero-order valence-corrected chi connectivity index (χ0v) is 19.1. The van der Waals surface area contributed by atoms with E-state index in [1.165, 1.54) is 12.1 Å². The fourth-order valence-corrected chi connectivity index (χ4v) is 3.97. The first-order chi connectivity index (χ1) is 16.1. The van der Waals surface area contributed by atoms with Crippen molar-refractivity contribution in [1.29, 1.82) is 0 Å². The lowest BCUT2D eigenvalue weighted by molar-refractivity contribution is -0.115. The molecule has 2 aromatic carbocycles. The molecule has 1 aliphatic heterocycles. The van der Waals surface area contributed by atoms with Crippen LogP contribution in [-0.2, 0) is 22.4 Å². The van der Waals surface area contributed by atoms with Gasteiger partial charge in [0.25, 0.3) is 0 Å². The molecule has 2 N–H and O–H groups in total. The molecule has 0 aliphatic carbocycles. The van der Waals surface area contributed by atoms with E-state index in [1.54, 1.807) is 33.0 Å². The van der Waals surface area contributed by atoms with Crippen LogP contribution >= 0.6 is 0 Å². The van der Waals surface area contributed by atoms with Crippen LogP contribution in [0.2, 0.25) is 0 Å². The van der Waals surface area contributed by atoms with Crippen molar-refractivity contribution in [2.24, 2.45) is 0 Å². The van der Waals surface area contributed by atoms with E-state index in [0.717, 1.165) is 28.4 Å². The third-order valence-electron chi connectivity index (χ3n) is 5.26. The van der Waals surface area contributed by atoms with Gasteiger partial charge in [0.05, 0.1) is 18.2 Å². The molecule has 1 aliphatic rings. The zero-order chi connectivity index (χ0) is 24.5. The Hall–Kier alpha value is -3.81. The molecular weight excluding hydrogens is 440 g/mol. The Kier molecular flexibility index (Phi) is 6.32. The number of hydrogen-bond donors (Lipinski definition) is 2. The molecule has 34 heavy (non-hydrogen) atoms. The normalized spacial score (nSPS) is 13.7. The molecule has 0 unspecified atom stereocenters. The second-order valence-electron chi connectivity index (χ2n) is 9.21. The molecule has 0 spiro atoms. The van der Waals surface area contributed by atoms with Crippen LogP contribution in [0.25, 0.3) is 11.1 Å². The number of anilines is 1. The highest BCUT2D eigenvalue weighted by molar-refractivity contribution is 5.99. The minimum atomic E-state index is -0.736. The molecule has 8 heteroatoms. The number of nitrogens with zero attached hydrogens (tertiary/aromatic N) is 1. The lowest BCUT2D eigenvalue weighted by Gasteiger charge is -2.25. The molecule has 1 aromatic heterocycles. The number of carbonyl (C=O) groups excluding carboxylic acids is 2. The molecule has 1 atom stereocenters. The van der Waals surface area contributed by atoms with Crippen LogP contribution in [0.1, 0.15) is 43.6 Å². The summed E-state index contributed by atoms with van der Waals surface area (Å²) in [5.41, 5.74) is 3.29. The summed E-state index contributed by atoms with van der Waals surface area (Å²) in [6.07, 6.45) is 1.28. The number of rotatable bonds is 5. The van der Waals surface area contributed by atoms with Gasteiger partial charge in [-0.15, -0.1) is 0 Å². The first-order valence-electron chi connectivity index (χ1n) is 10.9. The maximum Gasteiger partial charge on any atom is 0.408 e. The van der Waals surface area contributed by atoms with Gasteiger partial charge in [0.15, 0.2) is 0 Å². The highest BCUT2D eigenvalue weighted by Gasteiger charge is 2.25. The van der Waals surface area contributed by atoms with Crippen LogP contribution in [0, 0.1) is 11.6 Å². The monoisotopic (exact) mass is 465 g/mol. The maximum atomic E-state index is 13.9. The van der Waals surface area contributed by atoms with Crippen LogP contribution in [0.5, 0.6) is 0 Å². The molecule has 0 bridgehead atoms. The lowest BCUT2D eigenvalue weighted by atomic mass is 9.94. The van der Waals surface area contributed by atoms with Crippen molar-refractivity contribution >= 4 is 17.7 Å². The molecule has 3 aromatic rings. The molecule has 0 radical (unpaired) electrons. The Morgan fingerprint density at radius 1 is 1.15 bits per heavy atom. The lowest BCUT2D eigenvalue weighted by Crippen LogP contribution is -2.36. The van der Waals surface area contributed by atoms with E-state index < -0.39 is 29.4 Å². The first kappa shape index (κ1) is 23.4. The van der Waals surface area contributed by atoms with Gasteiger partial charge < -0.3 is 15.4 Å². The predicted octanol–water partition coefficient (Wildman–Crippen LogP) is 5.33. The van der Waals surface area contributed by atoms with Crippen molar-refractivity contribution in [1.82, 2.24) is 10.3 Å². The van der Waals surface area contributed by atoms with E-state index in [0.29, 0.717) is 11.3 Å². The summed E-state index contributed by atoms with van der Waals surface area (Å²) in [6, 6.07) is 11.7. The fourth-order valence-electron chi connectivity index (χ4n) is 3.97. The van der Waals surface area contributed by atoms with Gasteiger partial charge in [-0.25, -0.2) is 13.6 Å². The maximum absolute atomic E-state index is 13.9. The number of benzene rings is 2. The van der Waals surface area contributed by atoms with E-state index in [9.17, 15) is 18.4 Å². The molecule has 0 saturated heterocycles. The highest BCUT2D eigenvalue weighted by atomic mass is 19.1. The van der Waals surface area contributed by atoms with Crippen LogP contribution in [0.4, 0.5) is 19.3 Å². The number of halogens is 2. The second kappa shape index (κ2) is 9.21. The SMILES string of the molecule is CC(C)(C)OC(=O)N[C@@H](Cc1cc(F)cc(F)c1)c1ncccc1-c1ccc2c(c1)CC(=O)N2. The zero-order valence-electron chi connectivity index (χ0n) is 19.1. The molecule has 6 nitrogen and oxygen atoms in total. The van der Waals surface area contributed by atoms with Crippen molar-refractivity contribution in [3.05, 3.63) is 83.2 Å². The number of pyridine rings is 1. The number of fused-ring (bicyclic) bond motifs is 1. The van der Waals surface area contributed by atoms with Crippen LogP contribution < -0.4 is 10.6 Å². The minimum absolute atomic E-state index is 0.0730. The minimum Gasteiger partial charge on any atom is -0.444 e. The Morgan fingerprint density at radius 3 is 2.59 bits per heavy atom. The smallest absolute Gasteiger partial charge is 0.408 e. The standard InChI is InChI=1S/C26H25F2N3O3/c1-26(2,3)34-25(33)31-22(11-15-9-18(27)14-19(28)10-15)24-20(5-4-8-29-24)16-6-7-21-17(12-16)13-23(32)30-21/h4-10,12,14,22H,11,13H2,1-3H3,(H,30,32)(H,31,33)/t22-/m0/s1. The number of hydrogen-bond acceptors (Lipinski definition) is 4. The van der Waals surface area contributed by atoms with Crippen molar-refractivity contribution < 1.29 is 23.1 Å². The summed E-state index contributed by atoms with van der Waals surface area (Å²) >= 11 is 0. The summed E-state index contributed by atoms with van der Waals surface area (Å²) in [4.78, 5) is 28.9. The Labute approximate surface area is 196 Å². The van der Waals surface area contributed by atoms with Gasteiger partial charge >= 0.3 is 6.09 Å². The Bertz CT molecular complexity index is 1230. The van der Waals surface area contributed by atoms with Gasteiger partial charge in [-0.3, -0.25) is 9.78 Å². The third-order valence-corrected chi connectivity index (χ3v) is 5.26. The topological polar surface area (TPSA) is 80.3 Å². The van der Waals surface area contributed by atoms with E-state index in [2.05, 4.69) is 15.6 Å². The molecule has 4 rings (SSSR count). The van der Waals surface area contributed by atoms with Gasteiger partial charge in [-0.2, -0.15) is 0 Å². The van der Waals surface area contributed by atoms with Crippen molar-refractivity contribution in [3.63, 3.8) is 0 Å². The highest BCUT2D eigenvalue weighted by Crippen LogP contribution is 2.33. The van der Waals surface area contributed by atoms with Crippen molar-refractivity contribution in [2.75, 3.05) is 5.32 Å². The number of amides is 2. The van der Waals surface area contributed by atoms with E-state index in [1.807, 2.05) is 24.3 Å². The Morgan fingerprint density at radius 2 is 1.88 bits per heavy atom. The second-order valence-corrected chi connectivity index (χ2v) is 9.21. The summed E-state index contributed by atoms with van der Waals surface area (Å²) in [5, 5.41) is 5.62. The number of ether oxygens (including phenoxy) is 1. The average Bonchev–Trinajstić information content (AvgIpc) is 3.10. The van der Waals surface area contributed by atoms with Crippen LogP contribution in [0.15, 0.2) is 54.7 Å². The van der Waals surface area contributed by atoms with Gasteiger partial charge in [0.2, 0.25) is 5.91 Å². The van der Waals surface area contributed by atoms with Crippen LogP contribution in [0.3, 0.4) is 0 Å². The van der Waals surface area contributed by atoms with Gasteiger partial charge in [0, 0.05) is 23.5 Å². The van der Waals surface area contributed by atoms with Crippen molar-refractivity contribution in [3.8, 4) is 11.1 Å². The predicted molar refractivity (Wildman–Crippen MR) is 124 cm³/mol. The van der Waals surface area contributed by atoms with E-state index in [4.69, 9.17) is 4.74 Å². The number of aromatic nitrogens is 1. The quantitative estimate of drug-likeness (QED) is 0.534. The van der Waals surface area contributed by atoms with Gasteiger partial charge in [-0.1, -0.05) is 12.1 Å². The summed E-state index contributed by atoms with van der Waals surface area (Å²) < 4.78 is 33.2. The molecule has 2 amide bonds. The number of carbonyl (C=O) groups is 2. The summed E-state index contributed by atoms with van der Waals surface area (Å²) in [5.74, 6) is -1.48. The fraction of sp³-hybridized carbons (Fsp3) is 0.269. The van der Waals surface area contributed by atoms with Crippen LogP contribution in [-0.4, -0.2) is 22.6 Å². The number of alkyl carbamates (subject to hydrolysis) is 1. The number of nitrogens with one attached hydrogen (secondary N) is 2. The van der Waals surface area contributed by atoms with Gasteiger partial charge in [0.1, 0.15) is 17.2 Å². The molecular formula is C26H25F2N3O3. The molecule has 0 saturated carbocycles. The molecule has 2 heterocycles. The third kappa shape index (κ3) is 5.57. The summed E-state index contributed by atoms with van der Waals surface area (Å²) in [7, 11) is 0. The summed E-state index contributed by atoms with van der Waals surface area (Å²) in [6.45, 7) is 5.24. The van der Waals surface area contributed by atoms with Crippen molar-refractivity contribution in [2.45, 2.75) is 45.3 Å². The first-order valence-corrected chi connectivity index (χ1v) is 10.9. The average molecular weight is 466 g/mol. The van der Waals surface area contributed by atoms with E-state index in [-0.39, 0.29) is 18.7 Å². The van der Waals surface area contributed by atoms with E-state index >= 15 is 0 Å².